The van der Waals surface area contributed by atoms with Crippen molar-refractivity contribution in [3.8, 4) is 0 Å². The van der Waals surface area contributed by atoms with E-state index < -0.39 is 0 Å². The van der Waals surface area contributed by atoms with E-state index in [1.165, 1.54) is 6.08 Å². The Morgan fingerprint density at radius 2 is 2.27 bits per heavy atom. The van der Waals surface area contributed by atoms with Gasteiger partial charge in [-0.25, -0.2) is 4.79 Å². The van der Waals surface area contributed by atoms with Gasteiger partial charge in [-0.15, -0.1) is 6.58 Å². The van der Waals surface area contributed by atoms with Gasteiger partial charge in [-0.2, -0.15) is 0 Å². The topological polar surface area (TPSA) is 40.6 Å². The summed E-state index contributed by atoms with van der Waals surface area (Å²) in [5, 5.41) is 0. The van der Waals surface area contributed by atoms with Crippen LogP contribution in [0.25, 0.3) is 0 Å². The van der Waals surface area contributed by atoms with Gasteiger partial charge in [0.1, 0.15) is 6.54 Å². The van der Waals surface area contributed by atoms with Crippen LogP contribution in [0, 0.1) is 0 Å². The quantitative estimate of drug-likeness (QED) is 0.369. The molecule has 1 rings (SSSR count). The molecule has 0 saturated carbocycles. The molecule has 1 heterocycles. The van der Waals surface area contributed by atoms with Gasteiger partial charge in [0.05, 0.1) is 0 Å². The smallest absolute Gasteiger partial charge is 0.272 e. The highest BCUT2D eigenvalue weighted by molar-refractivity contribution is 7.78. The van der Waals surface area contributed by atoms with Crippen LogP contribution in [-0.4, -0.2) is 34.2 Å². The summed E-state index contributed by atoms with van der Waals surface area (Å²) in [5.41, 5.74) is 0. The molecule has 0 aromatic carbocycles. The Labute approximate surface area is 70.0 Å². The summed E-state index contributed by atoms with van der Waals surface area (Å²) >= 11 is 3.79. The van der Waals surface area contributed by atoms with Crippen LogP contribution in [0.2, 0.25) is 0 Å². The molecule has 1 aliphatic heterocycles. The van der Waals surface area contributed by atoms with Crippen LogP contribution in [0.1, 0.15) is 0 Å². The molecule has 0 bridgehead atoms. The Kier molecular flexibility index (Phi) is 2.19. The number of carbonyl (C=O) groups excluding carboxylic acids is 2. The van der Waals surface area contributed by atoms with E-state index in [2.05, 4.69) is 19.4 Å². The number of amides is 3. The van der Waals surface area contributed by atoms with Crippen LogP contribution in [0.3, 0.4) is 0 Å². The fraction of sp³-hybridized carbons (Fsp3) is 0.333. The number of hydrogen-bond donors (Lipinski definition) is 1. The van der Waals surface area contributed by atoms with Crippen molar-refractivity contribution in [3.63, 3.8) is 0 Å². The summed E-state index contributed by atoms with van der Waals surface area (Å²) < 4.78 is 1.08. The van der Waals surface area contributed by atoms with Gasteiger partial charge < -0.3 is 0 Å². The van der Waals surface area contributed by atoms with E-state index in [1.807, 2.05) is 0 Å². The van der Waals surface area contributed by atoms with Crippen molar-refractivity contribution in [1.82, 2.24) is 9.21 Å². The lowest BCUT2D eigenvalue weighted by Crippen LogP contribution is -2.30. The van der Waals surface area contributed by atoms with Crippen LogP contribution in [0.15, 0.2) is 12.7 Å². The molecule has 0 atom stereocenters. The molecule has 0 aliphatic carbocycles. The maximum atomic E-state index is 11.0. The normalized spacial score (nSPS) is 17.9. The van der Waals surface area contributed by atoms with E-state index in [-0.39, 0.29) is 25.0 Å². The Morgan fingerprint density at radius 3 is 2.64 bits per heavy atom. The van der Waals surface area contributed by atoms with Gasteiger partial charge in [0, 0.05) is 6.54 Å². The molecule has 0 unspecified atom stereocenters. The number of urea groups is 1. The van der Waals surface area contributed by atoms with Gasteiger partial charge in [-0.3, -0.25) is 14.0 Å². The average Bonchev–Trinajstić information content (AvgIpc) is 2.17. The lowest BCUT2D eigenvalue weighted by Gasteiger charge is -2.09. The fourth-order valence-electron chi connectivity index (χ4n) is 0.836. The van der Waals surface area contributed by atoms with Crippen molar-refractivity contribution in [1.29, 1.82) is 0 Å². The van der Waals surface area contributed by atoms with E-state index in [0.717, 1.165) is 9.21 Å². The molecule has 0 N–H and O–H groups in total. The Balaban J connectivity index is 2.71. The summed E-state index contributed by atoms with van der Waals surface area (Å²) in [4.78, 5) is 23.1. The monoisotopic (exact) mass is 172 g/mol. The maximum absolute atomic E-state index is 11.0. The summed E-state index contributed by atoms with van der Waals surface area (Å²) in [5.74, 6) is -0.232. The molecule has 1 aliphatic rings. The van der Waals surface area contributed by atoms with E-state index in [9.17, 15) is 9.59 Å². The number of nitrogens with zero attached hydrogens (tertiary/aromatic N) is 2. The zero-order valence-corrected chi connectivity index (χ0v) is 6.75. The molecule has 5 heteroatoms. The zero-order chi connectivity index (χ0) is 8.43. The predicted molar refractivity (Wildman–Crippen MR) is 43.0 cm³/mol. The number of hydrogen-bond acceptors (Lipinski definition) is 3. The molecule has 0 aromatic rings. The molecule has 0 spiro atoms. The number of thiol groups is 1. The third kappa shape index (κ3) is 1.37. The first-order valence-electron chi connectivity index (χ1n) is 3.08. The number of carbonyl (C=O) groups is 2. The van der Waals surface area contributed by atoms with Crippen molar-refractivity contribution in [2.24, 2.45) is 0 Å². The highest BCUT2D eigenvalue weighted by Gasteiger charge is 2.33. The van der Waals surface area contributed by atoms with Gasteiger partial charge in [-0.05, 0) is 0 Å². The molecule has 1 saturated heterocycles. The van der Waals surface area contributed by atoms with Crippen molar-refractivity contribution in [2.75, 3.05) is 13.1 Å². The maximum Gasteiger partial charge on any atom is 0.337 e. The van der Waals surface area contributed by atoms with Gasteiger partial charge in [-0.1, -0.05) is 18.9 Å². The molecule has 11 heavy (non-hydrogen) atoms. The number of rotatable bonds is 2. The van der Waals surface area contributed by atoms with E-state index in [1.54, 1.807) is 0 Å². The van der Waals surface area contributed by atoms with Crippen LogP contribution >= 0.6 is 12.8 Å². The Bertz CT molecular complexity index is 217. The summed E-state index contributed by atoms with van der Waals surface area (Å²) in [6.07, 6.45) is 1.50. The first-order chi connectivity index (χ1) is 5.16. The van der Waals surface area contributed by atoms with E-state index in [4.69, 9.17) is 0 Å². The molecule has 4 nitrogen and oxygen atoms in total. The van der Waals surface area contributed by atoms with Crippen LogP contribution < -0.4 is 0 Å². The first kappa shape index (κ1) is 8.13. The third-order valence-corrected chi connectivity index (χ3v) is 1.66. The van der Waals surface area contributed by atoms with Gasteiger partial charge in [0.25, 0.3) is 5.91 Å². The van der Waals surface area contributed by atoms with Crippen molar-refractivity contribution in [2.45, 2.75) is 0 Å². The predicted octanol–water partition coefficient (Wildman–Crippen LogP) is 0.281. The van der Waals surface area contributed by atoms with E-state index in [0.29, 0.717) is 0 Å². The summed E-state index contributed by atoms with van der Waals surface area (Å²) in [6.45, 7) is 3.74. The van der Waals surface area contributed by atoms with Crippen molar-refractivity contribution >= 4 is 24.8 Å². The van der Waals surface area contributed by atoms with Crippen LogP contribution in [0.4, 0.5) is 4.79 Å². The second-order valence-electron chi connectivity index (χ2n) is 2.13. The molecule has 3 amide bonds. The Morgan fingerprint density at radius 1 is 1.64 bits per heavy atom. The molecule has 0 radical (unpaired) electrons. The second-order valence-corrected chi connectivity index (χ2v) is 2.62. The average molecular weight is 172 g/mol. The van der Waals surface area contributed by atoms with Crippen molar-refractivity contribution < 1.29 is 9.59 Å². The fourth-order valence-corrected chi connectivity index (χ4v) is 1.07. The SMILES string of the molecule is C=CCN1C(=O)CN(S)C1=O. The van der Waals surface area contributed by atoms with E-state index >= 15 is 0 Å². The van der Waals surface area contributed by atoms with Gasteiger partial charge >= 0.3 is 6.03 Å². The minimum atomic E-state index is -0.377. The zero-order valence-electron chi connectivity index (χ0n) is 5.86. The minimum Gasteiger partial charge on any atom is -0.272 e. The highest BCUT2D eigenvalue weighted by Crippen LogP contribution is 2.11. The molecular formula is C6H8N2O2S. The minimum absolute atomic E-state index is 0.0514. The van der Waals surface area contributed by atoms with Crippen LogP contribution in [-0.2, 0) is 4.79 Å². The third-order valence-electron chi connectivity index (χ3n) is 1.35. The molecular weight excluding hydrogens is 164 g/mol. The standard InChI is InChI=1S/C6H8N2O2S/c1-2-3-7-5(9)4-8(11)6(7)10/h2,11H,1,3-4H2. The Hall–Kier alpha value is -0.970. The number of imide groups is 1. The van der Waals surface area contributed by atoms with Crippen molar-refractivity contribution in [3.05, 3.63) is 12.7 Å². The lowest BCUT2D eigenvalue weighted by atomic mass is 10.5. The lowest BCUT2D eigenvalue weighted by molar-refractivity contribution is -0.124. The summed E-state index contributed by atoms with van der Waals surface area (Å²) in [7, 11) is 0. The molecule has 0 aromatic heterocycles. The van der Waals surface area contributed by atoms with Gasteiger partial charge in [0.15, 0.2) is 0 Å². The molecule has 1 fully saturated rings. The van der Waals surface area contributed by atoms with Crippen LogP contribution in [0.5, 0.6) is 0 Å². The van der Waals surface area contributed by atoms with Gasteiger partial charge in [0.2, 0.25) is 0 Å². The molecule has 60 valence electrons. The second kappa shape index (κ2) is 2.96. The first-order valence-corrected chi connectivity index (χ1v) is 3.48. The summed E-state index contributed by atoms with van der Waals surface area (Å²) in [6, 6.07) is -0.377. The largest absolute Gasteiger partial charge is 0.337 e. The highest BCUT2D eigenvalue weighted by atomic mass is 32.1.